The SMILES string of the molecule is COCCOCCOCC1Cc2ccccc2S1. The first-order valence-electron chi connectivity index (χ1n) is 6.29. The number of rotatable bonds is 8. The van der Waals surface area contributed by atoms with Crippen LogP contribution in [0.15, 0.2) is 29.2 Å². The predicted molar refractivity (Wildman–Crippen MR) is 73.3 cm³/mol. The molecule has 0 spiro atoms. The summed E-state index contributed by atoms with van der Waals surface area (Å²) in [5, 5.41) is 0.557. The lowest BCUT2D eigenvalue weighted by molar-refractivity contribution is 0.0253. The molecular weight excluding hydrogens is 248 g/mol. The maximum absolute atomic E-state index is 5.64. The average molecular weight is 268 g/mol. The van der Waals surface area contributed by atoms with Gasteiger partial charge in [-0.2, -0.15) is 0 Å². The number of hydrogen-bond donors (Lipinski definition) is 0. The first-order valence-corrected chi connectivity index (χ1v) is 7.17. The molecule has 18 heavy (non-hydrogen) atoms. The zero-order valence-electron chi connectivity index (χ0n) is 10.8. The number of benzene rings is 1. The number of hydrogen-bond acceptors (Lipinski definition) is 4. The summed E-state index contributed by atoms with van der Waals surface area (Å²) in [5.41, 5.74) is 1.45. The number of methoxy groups -OCH3 is 1. The lowest BCUT2D eigenvalue weighted by atomic mass is 10.1. The van der Waals surface area contributed by atoms with Crippen LogP contribution in [0.3, 0.4) is 0 Å². The van der Waals surface area contributed by atoms with Crippen molar-refractivity contribution in [2.75, 3.05) is 40.1 Å². The molecule has 0 amide bonds. The van der Waals surface area contributed by atoms with Crippen molar-refractivity contribution in [1.82, 2.24) is 0 Å². The van der Waals surface area contributed by atoms with Crippen molar-refractivity contribution in [3.63, 3.8) is 0 Å². The van der Waals surface area contributed by atoms with Gasteiger partial charge >= 0.3 is 0 Å². The van der Waals surface area contributed by atoms with E-state index in [9.17, 15) is 0 Å². The molecule has 0 aliphatic carbocycles. The van der Waals surface area contributed by atoms with Crippen LogP contribution in [-0.2, 0) is 20.6 Å². The maximum atomic E-state index is 5.64. The topological polar surface area (TPSA) is 27.7 Å². The van der Waals surface area contributed by atoms with Crippen LogP contribution >= 0.6 is 11.8 Å². The Morgan fingerprint density at radius 1 is 1.11 bits per heavy atom. The lowest BCUT2D eigenvalue weighted by Gasteiger charge is -2.09. The van der Waals surface area contributed by atoms with E-state index < -0.39 is 0 Å². The van der Waals surface area contributed by atoms with Gasteiger partial charge in [-0.15, -0.1) is 11.8 Å². The van der Waals surface area contributed by atoms with E-state index >= 15 is 0 Å². The fraction of sp³-hybridized carbons (Fsp3) is 0.571. The van der Waals surface area contributed by atoms with E-state index in [1.807, 2.05) is 11.8 Å². The molecule has 1 aliphatic rings. The molecule has 100 valence electrons. The van der Waals surface area contributed by atoms with Gasteiger partial charge in [0.05, 0.1) is 33.0 Å². The highest BCUT2D eigenvalue weighted by molar-refractivity contribution is 8.00. The smallest absolute Gasteiger partial charge is 0.0701 e. The van der Waals surface area contributed by atoms with E-state index in [-0.39, 0.29) is 0 Å². The minimum Gasteiger partial charge on any atom is -0.382 e. The molecule has 1 aliphatic heterocycles. The summed E-state index contributed by atoms with van der Waals surface area (Å²) in [5.74, 6) is 0. The Morgan fingerprint density at radius 2 is 1.89 bits per heavy atom. The maximum Gasteiger partial charge on any atom is 0.0701 e. The van der Waals surface area contributed by atoms with Gasteiger partial charge in [-0.05, 0) is 18.1 Å². The molecule has 0 radical (unpaired) electrons. The van der Waals surface area contributed by atoms with Crippen LogP contribution in [0.5, 0.6) is 0 Å². The molecule has 0 saturated carbocycles. The Balaban J connectivity index is 1.54. The van der Waals surface area contributed by atoms with Crippen molar-refractivity contribution in [3.8, 4) is 0 Å². The van der Waals surface area contributed by atoms with E-state index in [1.54, 1.807) is 7.11 Å². The van der Waals surface area contributed by atoms with Crippen LogP contribution in [0.4, 0.5) is 0 Å². The Bertz CT molecular complexity index is 332. The molecule has 4 heteroatoms. The summed E-state index contributed by atoms with van der Waals surface area (Å²) in [6.45, 7) is 3.40. The molecule has 1 heterocycles. The second-order valence-electron chi connectivity index (χ2n) is 4.23. The van der Waals surface area contributed by atoms with Crippen molar-refractivity contribution >= 4 is 11.8 Å². The van der Waals surface area contributed by atoms with Gasteiger partial charge in [0.2, 0.25) is 0 Å². The third kappa shape index (κ3) is 4.28. The van der Waals surface area contributed by atoms with Gasteiger partial charge in [0.1, 0.15) is 0 Å². The van der Waals surface area contributed by atoms with E-state index in [0.29, 0.717) is 31.7 Å². The molecular formula is C14H20O3S. The Kier molecular flexibility index (Phi) is 6.00. The van der Waals surface area contributed by atoms with E-state index in [2.05, 4.69) is 24.3 Å². The Labute approximate surface area is 113 Å². The lowest BCUT2D eigenvalue weighted by Crippen LogP contribution is -2.15. The molecule has 1 unspecified atom stereocenters. The summed E-state index contributed by atoms with van der Waals surface area (Å²) in [6, 6.07) is 8.59. The fourth-order valence-corrected chi connectivity index (χ4v) is 3.17. The molecule has 3 nitrogen and oxygen atoms in total. The van der Waals surface area contributed by atoms with E-state index in [4.69, 9.17) is 14.2 Å². The number of ether oxygens (including phenoxy) is 3. The first kappa shape index (κ1) is 13.9. The van der Waals surface area contributed by atoms with Crippen molar-refractivity contribution in [3.05, 3.63) is 29.8 Å². The molecule has 0 aromatic heterocycles. The molecule has 0 fully saturated rings. The summed E-state index contributed by atoms with van der Waals surface area (Å²) >= 11 is 1.92. The van der Waals surface area contributed by atoms with Gasteiger partial charge in [0.25, 0.3) is 0 Å². The highest BCUT2D eigenvalue weighted by Crippen LogP contribution is 2.36. The molecule has 0 N–H and O–H groups in total. The van der Waals surface area contributed by atoms with Crippen LogP contribution in [-0.4, -0.2) is 45.4 Å². The molecule has 1 aromatic rings. The minimum absolute atomic E-state index is 0.557. The van der Waals surface area contributed by atoms with Crippen LogP contribution < -0.4 is 0 Å². The standard InChI is InChI=1S/C14H20O3S/c1-15-6-7-16-8-9-17-11-13-10-12-4-2-3-5-14(12)18-13/h2-5,13H,6-11H2,1H3. The fourth-order valence-electron chi connectivity index (χ4n) is 1.92. The highest BCUT2D eigenvalue weighted by atomic mass is 32.2. The third-order valence-electron chi connectivity index (χ3n) is 2.82. The summed E-state index contributed by atoms with van der Waals surface area (Å²) in [7, 11) is 1.68. The molecule has 1 atom stereocenters. The second-order valence-corrected chi connectivity index (χ2v) is 5.57. The number of fused-ring (bicyclic) bond motifs is 1. The van der Waals surface area contributed by atoms with E-state index in [1.165, 1.54) is 10.5 Å². The van der Waals surface area contributed by atoms with Crippen LogP contribution in [0.1, 0.15) is 5.56 Å². The summed E-state index contributed by atoms with van der Waals surface area (Å²) < 4.78 is 15.9. The summed E-state index contributed by atoms with van der Waals surface area (Å²) in [6.07, 6.45) is 1.12. The largest absolute Gasteiger partial charge is 0.382 e. The normalized spacial score (nSPS) is 17.9. The van der Waals surface area contributed by atoms with E-state index in [0.717, 1.165) is 13.0 Å². The zero-order chi connectivity index (χ0) is 12.6. The van der Waals surface area contributed by atoms with Crippen molar-refractivity contribution in [2.45, 2.75) is 16.6 Å². The Hall–Kier alpha value is -0.550. The first-order chi connectivity index (χ1) is 8.90. The van der Waals surface area contributed by atoms with Gasteiger partial charge in [0, 0.05) is 17.3 Å². The Morgan fingerprint density at radius 3 is 2.72 bits per heavy atom. The highest BCUT2D eigenvalue weighted by Gasteiger charge is 2.21. The minimum atomic E-state index is 0.557. The molecule has 1 aromatic carbocycles. The van der Waals surface area contributed by atoms with Crippen molar-refractivity contribution < 1.29 is 14.2 Å². The van der Waals surface area contributed by atoms with Gasteiger partial charge in [0.15, 0.2) is 0 Å². The van der Waals surface area contributed by atoms with Crippen molar-refractivity contribution in [2.24, 2.45) is 0 Å². The molecule has 0 saturated heterocycles. The quantitative estimate of drug-likeness (QED) is 0.677. The summed E-state index contributed by atoms with van der Waals surface area (Å²) in [4.78, 5) is 1.41. The van der Waals surface area contributed by atoms with Gasteiger partial charge in [-0.25, -0.2) is 0 Å². The average Bonchev–Trinajstić information content (AvgIpc) is 2.80. The monoisotopic (exact) mass is 268 g/mol. The number of thioether (sulfide) groups is 1. The van der Waals surface area contributed by atoms with Gasteiger partial charge in [-0.3, -0.25) is 0 Å². The van der Waals surface area contributed by atoms with Crippen LogP contribution in [0, 0.1) is 0 Å². The van der Waals surface area contributed by atoms with Crippen molar-refractivity contribution in [1.29, 1.82) is 0 Å². The van der Waals surface area contributed by atoms with Gasteiger partial charge < -0.3 is 14.2 Å². The zero-order valence-corrected chi connectivity index (χ0v) is 11.6. The van der Waals surface area contributed by atoms with Crippen LogP contribution in [0.2, 0.25) is 0 Å². The molecule has 2 rings (SSSR count). The third-order valence-corrected chi connectivity index (χ3v) is 4.11. The van der Waals surface area contributed by atoms with Crippen LogP contribution in [0.25, 0.3) is 0 Å². The van der Waals surface area contributed by atoms with Gasteiger partial charge in [-0.1, -0.05) is 18.2 Å². The predicted octanol–water partition coefficient (Wildman–Crippen LogP) is 2.38. The molecule has 0 bridgehead atoms. The second kappa shape index (κ2) is 7.79.